The van der Waals surface area contributed by atoms with Gasteiger partial charge in [-0.05, 0) is 120 Å². The Morgan fingerprint density at radius 1 is 0.259 bits per heavy atom. The lowest BCUT2D eigenvalue weighted by atomic mass is 9.95. The van der Waals surface area contributed by atoms with Gasteiger partial charge in [-0.15, -0.1) is 0 Å². The Bertz CT molecular complexity index is 2280. The van der Waals surface area contributed by atoms with Crippen LogP contribution in [0.2, 0.25) is 0 Å². The second-order valence-electron chi connectivity index (χ2n) is 13.5. The van der Waals surface area contributed by atoms with Gasteiger partial charge < -0.3 is 21.3 Å². The lowest BCUT2D eigenvalue weighted by Gasteiger charge is -2.18. The van der Waals surface area contributed by atoms with Crippen LogP contribution in [0.4, 0.5) is 45.5 Å². The zero-order valence-corrected chi connectivity index (χ0v) is 30.5. The van der Waals surface area contributed by atoms with Crippen LogP contribution in [0.15, 0.2) is 194 Å². The maximum atomic E-state index is 3.67. The van der Waals surface area contributed by atoms with E-state index in [1.165, 1.54) is 0 Å². The minimum Gasteiger partial charge on any atom is -0.355 e. The molecule has 0 saturated heterocycles. The molecule has 8 aromatic rings. The normalized spacial score (nSPS) is 10.8. The average molecular weight is 699 g/mol. The Labute approximate surface area is 318 Å². The number of nitrogens with one attached hydrogen (secondary N) is 4. The second kappa shape index (κ2) is 15.7. The third-order valence-corrected chi connectivity index (χ3v) is 9.67. The van der Waals surface area contributed by atoms with Crippen LogP contribution >= 0.6 is 0 Å². The summed E-state index contributed by atoms with van der Waals surface area (Å²) in [4.78, 5) is 0. The van der Waals surface area contributed by atoms with Gasteiger partial charge in [-0.25, -0.2) is 0 Å². The van der Waals surface area contributed by atoms with E-state index >= 15 is 0 Å². The Hall–Kier alpha value is -7.04. The van der Waals surface area contributed by atoms with E-state index < -0.39 is 0 Å². The number of hydrogen-bond donors (Lipinski definition) is 4. The van der Waals surface area contributed by atoms with Gasteiger partial charge in [0, 0.05) is 56.6 Å². The van der Waals surface area contributed by atoms with E-state index in [0.717, 1.165) is 90.0 Å². The van der Waals surface area contributed by atoms with E-state index in [4.69, 9.17) is 0 Å². The van der Waals surface area contributed by atoms with Crippen molar-refractivity contribution in [1.29, 1.82) is 0 Å². The van der Waals surface area contributed by atoms with Crippen LogP contribution in [-0.2, 0) is 0 Å². The zero-order valence-electron chi connectivity index (χ0n) is 30.5. The minimum atomic E-state index is 1.05. The van der Waals surface area contributed by atoms with E-state index in [2.05, 4.69) is 205 Å². The molecular formula is C50H42N4. The quantitative estimate of drug-likeness (QED) is 0.109. The number of hydrogen-bond acceptors (Lipinski definition) is 4. The van der Waals surface area contributed by atoms with Crippen LogP contribution in [0.1, 0.15) is 11.1 Å². The molecule has 0 amide bonds. The van der Waals surface area contributed by atoms with Gasteiger partial charge in [0.05, 0.1) is 0 Å². The highest BCUT2D eigenvalue weighted by atomic mass is 14.9. The molecule has 0 radical (unpaired) electrons. The summed E-state index contributed by atoms with van der Waals surface area (Å²) in [5.74, 6) is 0. The summed E-state index contributed by atoms with van der Waals surface area (Å²) >= 11 is 0. The molecule has 0 bridgehead atoms. The summed E-state index contributed by atoms with van der Waals surface area (Å²) in [6.07, 6.45) is 0. The lowest BCUT2D eigenvalue weighted by molar-refractivity contribution is 1.41. The van der Waals surface area contributed by atoms with E-state index in [-0.39, 0.29) is 0 Å². The van der Waals surface area contributed by atoms with E-state index in [9.17, 15) is 0 Å². The first-order chi connectivity index (χ1) is 26.6. The van der Waals surface area contributed by atoms with Crippen LogP contribution in [0.3, 0.4) is 0 Å². The highest BCUT2D eigenvalue weighted by Gasteiger charge is 2.14. The predicted octanol–water partition coefficient (Wildman–Crippen LogP) is 14.3. The molecule has 0 fully saturated rings. The molecule has 0 aliphatic heterocycles. The van der Waals surface area contributed by atoms with Crippen molar-refractivity contribution in [3.63, 3.8) is 0 Å². The molecule has 8 aromatic carbocycles. The van der Waals surface area contributed by atoms with E-state index in [1.807, 2.05) is 24.3 Å². The van der Waals surface area contributed by atoms with Crippen molar-refractivity contribution in [3.05, 3.63) is 205 Å². The summed E-state index contributed by atoms with van der Waals surface area (Å²) in [5, 5.41) is 14.6. The van der Waals surface area contributed by atoms with Crippen molar-refractivity contribution >= 4 is 45.5 Å². The number of anilines is 8. The second-order valence-corrected chi connectivity index (χ2v) is 13.5. The molecule has 4 N–H and O–H groups in total. The van der Waals surface area contributed by atoms with E-state index in [0.29, 0.717) is 0 Å². The Morgan fingerprint density at radius 2 is 0.519 bits per heavy atom. The SMILES string of the molecule is Cc1cc(Nc2ccccc2)c(-c2ccc(-c3ccc(-c4cc(Nc5ccccc5)c(C)cc4Nc4ccccc4)cc3)cc2)cc1Nc1ccccc1. The fourth-order valence-electron chi connectivity index (χ4n) is 6.76. The van der Waals surface area contributed by atoms with Crippen molar-refractivity contribution in [2.24, 2.45) is 0 Å². The first-order valence-electron chi connectivity index (χ1n) is 18.3. The number of aryl methyl sites for hydroxylation is 2. The molecule has 0 aromatic heterocycles. The lowest BCUT2D eigenvalue weighted by Crippen LogP contribution is -1.99. The number of rotatable bonds is 11. The molecule has 4 nitrogen and oxygen atoms in total. The summed E-state index contributed by atoms with van der Waals surface area (Å²) in [7, 11) is 0. The van der Waals surface area contributed by atoms with Crippen LogP contribution < -0.4 is 21.3 Å². The van der Waals surface area contributed by atoms with Crippen molar-refractivity contribution in [2.45, 2.75) is 13.8 Å². The maximum absolute atomic E-state index is 3.67. The molecule has 4 heteroatoms. The fourth-order valence-corrected chi connectivity index (χ4v) is 6.76. The molecule has 0 aliphatic carbocycles. The number of para-hydroxylation sites is 4. The molecule has 0 unspecified atom stereocenters. The van der Waals surface area contributed by atoms with Crippen molar-refractivity contribution in [2.75, 3.05) is 21.3 Å². The molecule has 0 aliphatic rings. The first-order valence-corrected chi connectivity index (χ1v) is 18.3. The van der Waals surface area contributed by atoms with Gasteiger partial charge in [0.15, 0.2) is 0 Å². The van der Waals surface area contributed by atoms with Gasteiger partial charge in [-0.1, -0.05) is 121 Å². The summed E-state index contributed by atoms with van der Waals surface area (Å²) in [6, 6.07) is 68.1. The third kappa shape index (κ3) is 7.89. The van der Waals surface area contributed by atoms with Gasteiger partial charge in [0.1, 0.15) is 0 Å². The first kappa shape index (κ1) is 34.1. The zero-order chi connectivity index (χ0) is 36.7. The van der Waals surface area contributed by atoms with Gasteiger partial charge in [0.25, 0.3) is 0 Å². The third-order valence-electron chi connectivity index (χ3n) is 9.67. The van der Waals surface area contributed by atoms with Crippen LogP contribution in [0.25, 0.3) is 33.4 Å². The standard InChI is InChI=1S/C50H42N4/c1-35-31-49(53-43-19-11-5-12-20-43)45(33-47(35)51-41-15-7-3-8-16-41)39-27-23-37(24-28-39)38-25-29-40(30-26-38)46-34-48(52-42-17-9-4-10-18-42)36(2)32-50(46)54-44-21-13-6-14-22-44/h3-34,51-54H,1-2H3. The molecule has 0 heterocycles. The molecule has 0 saturated carbocycles. The summed E-state index contributed by atoms with van der Waals surface area (Å²) in [6.45, 7) is 4.30. The van der Waals surface area contributed by atoms with Crippen molar-refractivity contribution < 1.29 is 0 Å². The highest BCUT2D eigenvalue weighted by molar-refractivity contribution is 5.89. The average Bonchev–Trinajstić information content (AvgIpc) is 3.22. The molecule has 262 valence electrons. The summed E-state index contributed by atoms with van der Waals surface area (Å²) < 4.78 is 0. The van der Waals surface area contributed by atoms with Gasteiger partial charge in [-0.2, -0.15) is 0 Å². The van der Waals surface area contributed by atoms with Crippen molar-refractivity contribution in [3.8, 4) is 33.4 Å². The monoisotopic (exact) mass is 698 g/mol. The smallest absolute Gasteiger partial charge is 0.0468 e. The summed E-state index contributed by atoms with van der Waals surface area (Å²) in [5.41, 5.74) is 17.7. The Morgan fingerprint density at radius 3 is 0.815 bits per heavy atom. The van der Waals surface area contributed by atoms with E-state index in [1.54, 1.807) is 0 Å². The Kier molecular flexibility index (Phi) is 9.90. The number of benzene rings is 8. The van der Waals surface area contributed by atoms with Gasteiger partial charge in [0.2, 0.25) is 0 Å². The van der Waals surface area contributed by atoms with Crippen LogP contribution in [-0.4, -0.2) is 0 Å². The molecule has 8 rings (SSSR count). The fraction of sp³-hybridized carbons (Fsp3) is 0.0400. The molecule has 0 atom stereocenters. The van der Waals surface area contributed by atoms with Gasteiger partial charge in [-0.3, -0.25) is 0 Å². The largest absolute Gasteiger partial charge is 0.355 e. The molecule has 0 spiro atoms. The van der Waals surface area contributed by atoms with Crippen molar-refractivity contribution in [1.82, 2.24) is 0 Å². The topological polar surface area (TPSA) is 48.1 Å². The maximum Gasteiger partial charge on any atom is 0.0468 e. The van der Waals surface area contributed by atoms with Crippen LogP contribution in [0.5, 0.6) is 0 Å². The molecule has 54 heavy (non-hydrogen) atoms. The Balaban J connectivity index is 1.10. The minimum absolute atomic E-state index is 1.05. The molecular weight excluding hydrogens is 657 g/mol. The van der Waals surface area contributed by atoms with Gasteiger partial charge >= 0.3 is 0 Å². The van der Waals surface area contributed by atoms with Crippen LogP contribution in [0, 0.1) is 13.8 Å². The predicted molar refractivity (Wildman–Crippen MR) is 231 cm³/mol. The highest BCUT2D eigenvalue weighted by Crippen LogP contribution is 2.39.